The number of hydrogen-bond donors (Lipinski definition) is 3. The SMILES string of the molecule is C=CCNC(=O)NCC(OC)C(=O)O. The Kier molecular flexibility index (Phi) is 6.13. The lowest BCUT2D eigenvalue weighted by atomic mass is 10.3. The summed E-state index contributed by atoms with van der Waals surface area (Å²) in [5, 5.41) is 13.3. The molecule has 0 heterocycles. The van der Waals surface area contributed by atoms with Crippen molar-refractivity contribution < 1.29 is 19.4 Å². The van der Waals surface area contributed by atoms with E-state index < -0.39 is 18.1 Å². The summed E-state index contributed by atoms with van der Waals surface area (Å²) >= 11 is 0. The molecule has 80 valence electrons. The van der Waals surface area contributed by atoms with E-state index in [0.717, 1.165) is 0 Å². The molecule has 3 N–H and O–H groups in total. The molecular weight excluding hydrogens is 188 g/mol. The molecule has 2 amide bonds. The summed E-state index contributed by atoms with van der Waals surface area (Å²) < 4.78 is 4.60. The Morgan fingerprint density at radius 3 is 2.64 bits per heavy atom. The van der Waals surface area contributed by atoms with Crippen LogP contribution in [0.1, 0.15) is 0 Å². The van der Waals surface area contributed by atoms with Gasteiger partial charge in [0.1, 0.15) is 0 Å². The number of ether oxygens (including phenoxy) is 1. The highest BCUT2D eigenvalue weighted by Gasteiger charge is 2.16. The van der Waals surface area contributed by atoms with Gasteiger partial charge in [-0.25, -0.2) is 9.59 Å². The van der Waals surface area contributed by atoms with Gasteiger partial charge in [0.2, 0.25) is 0 Å². The molecule has 0 radical (unpaired) electrons. The van der Waals surface area contributed by atoms with Crippen LogP contribution >= 0.6 is 0 Å². The number of aliphatic carboxylic acids is 1. The van der Waals surface area contributed by atoms with Gasteiger partial charge in [-0.1, -0.05) is 6.08 Å². The van der Waals surface area contributed by atoms with Gasteiger partial charge in [-0.15, -0.1) is 6.58 Å². The number of nitrogens with one attached hydrogen (secondary N) is 2. The van der Waals surface area contributed by atoms with Crippen molar-refractivity contribution in [3.8, 4) is 0 Å². The van der Waals surface area contributed by atoms with Crippen LogP contribution in [0, 0.1) is 0 Å². The Hall–Kier alpha value is -1.56. The lowest BCUT2D eigenvalue weighted by Gasteiger charge is -2.11. The molecule has 0 aliphatic carbocycles. The Balaban J connectivity index is 3.73. The molecule has 0 aromatic carbocycles. The van der Waals surface area contributed by atoms with E-state index in [1.807, 2.05) is 0 Å². The van der Waals surface area contributed by atoms with E-state index in [2.05, 4.69) is 21.9 Å². The van der Waals surface area contributed by atoms with Crippen LogP contribution in [0.3, 0.4) is 0 Å². The highest BCUT2D eigenvalue weighted by atomic mass is 16.5. The summed E-state index contributed by atoms with van der Waals surface area (Å²) in [7, 11) is 1.27. The maximum absolute atomic E-state index is 10.9. The van der Waals surface area contributed by atoms with Crippen LogP contribution in [0.4, 0.5) is 4.79 Å². The molecule has 6 nitrogen and oxygen atoms in total. The number of rotatable bonds is 6. The van der Waals surface area contributed by atoms with Crippen LogP contribution in [-0.4, -0.2) is 43.4 Å². The minimum Gasteiger partial charge on any atom is -0.479 e. The van der Waals surface area contributed by atoms with Gasteiger partial charge in [0.15, 0.2) is 6.10 Å². The molecule has 6 heteroatoms. The lowest BCUT2D eigenvalue weighted by molar-refractivity contribution is -0.147. The van der Waals surface area contributed by atoms with E-state index in [1.165, 1.54) is 13.2 Å². The Morgan fingerprint density at radius 2 is 2.21 bits per heavy atom. The predicted molar refractivity (Wildman–Crippen MR) is 50.0 cm³/mol. The van der Waals surface area contributed by atoms with Crippen molar-refractivity contribution in [2.75, 3.05) is 20.2 Å². The highest BCUT2D eigenvalue weighted by Crippen LogP contribution is 1.87. The maximum atomic E-state index is 10.9. The third-order valence-electron chi connectivity index (χ3n) is 1.41. The summed E-state index contributed by atoms with van der Waals surface area (Å²) in [6, 6.07) is -0.451. The molecule has 0 fully saturated rings. The number of carboxylic acid groups (broad SMARTS) is 1. The average Bonchev–Trinajstić information content (AvgIpc) is 2.15. The molecule has 14 heavy (non-hydrogen) atoms. The first kappa shape index (κ1) is 12.4. The normalized spacial score (nSPS) is 11.5. The van der Waals surface area contributed by atoms with E-state index in [1.54, 1.807) is 0 Å². The van der Waals surface area contributed by atoms with Crippen LogP contribution in [0.2, 0.25) is 0 Å². The van der Waals surface area contributed by atoms with Gasteiger partial charge in [-0.2, -0.15) is 0 Å². The smallest absolute Gasteiger partial charge is 0.334 e. The summed E-state index contributed by atoms with van der Waals surface area (Å²) in [6.07, 6.45) is 0.495. The third kappa shape index (κ3) is 5.15. The first-order chi connectivity index (χ1) is 6.61. The molecule has 1 atom stereocenters. The fourth-order valence-corrected chi connectivity index (χ4v) is 0.684. The zero-order chi connectivity index (χ0) is 11.0. The van der Waals surface area contributed by atoms with E-state index in [0.29, 0.717) is 6.54 Å². The van der Waals surface area contributed by atoms with E-state index in [4.69, 9.17) is 5.11 Å². The molecule has 0 aromatic rings. The highest BCUT2D eigenvalue weighted by molar-refractivity contribution is 5.76. The van der Waals surface area contributed by atoms with E-state index in [-0.39, 0.29) is 6.54 Å². The van der Waals surface area contributed by atoms with Crippen molar-refractivity contribution in [1.29, 1.82) is 0 Å². The van der Waals surface area contributed by atoms with Crippen molar-refractivity contribution in [2.45, 2.75) is 6.10 Å². The van der Waals surface area contributed by atoms with Crippen LogP contribution in [0.25, 0.3) is 0 Å². The Morgan fingerprint density at radius 1 is 1.57 bits per heavy atom. The second kappa shape index (κ2) is 6.90. The summed E-state index contributed by atoms with van der Waals surface area (Å²) in [6.45, 7) is 3.67. The first-order valence-corrected chi connectivity index (χ1v) is 4.00. The van der Waals surface area contributed by atoms with Crippen molar-refractivity contribution in [1.82, 2.24) is 10.6 Å². The first-order valence-electron chi connectivity index (χ1n) is 4.00. The number of hydrogen-bond acceptors (Lipinski definition) is 3. The zero-order valence-corrected chi connectivity index (χ0v) is 7.95. The molecular formula is C8H14N2O4. The molecule has 0 aliphatic heterocycles. The molecule has 0 rings (SSSR count). The molecule has 0 aliphatic rings. The van der Waals surface area contributed by atoms with Crippen molar-refractivity contribution in [2.24, 2.45) is 0 Å². The van der Waals surface area contributed by atoms with E-state index >= 15 is 0 Å². The quantitative estimate of drug-likeness (QED) is 0.510. The largest absolute Gasteiger partial charge is 0.479 e. The summed E-state index contributed by atoms with van der Waals surface area (Å²) in [5.74, 6) is -1.11. The van der Waals surface area contributed by atoms with Gasteiger partial charge < -0.3 is 20.5 Å². The average molecular weight is 202 g/mol. The number of carbonyl (C=O) groups is 2. The number of carbonyl (C=O) groups excluding carboxylic acids is 1. The van der Waals surface area contributed by atoms with Gasteiger partial charge in [0.25, 0.3) is 0 Å². The van der Waals surface area contributed by atoms with Crippen LogP contribution in [0.5, 0.6) is 0 Å². The van der Waals surface area contributed by atoms with Gasteiger partial charge in [-0.3, -0.25) is 0 Å². The minimum absolute atomic E-state index is 0.0746. The molecule has 0 aromatic heterocycles. The van der Waals surface area contributed by atoms with E-state index in [9.17, 15) is 9.59 Å². The predicted octanol–water partition coefficient (Wildman–Crippen LogP) is -0.429. The number of amides is 2. The van der Waals surface area contributed by atoms with Gasteiger partial charge in [0.05, 0.1) is 6.54 Å². The van der Waals surface area contributed by atoms with Gasteiger partial charge >= 0.3 is 12.0 Å². The minimum atomic E-state index is -1.11. The number of urea groups is 1. The van der Waals surface area contributed by atoms with Crippen molar-refractivity contribution in [3.05, 3.63) is 12.7 Å². The number of carboxylic acids is 1. The fourth-order valence-electron chi connectivity index (χ4n) is 0.684. The van der Waals surface area contributed by atoms with Crippen LogP contribution in [-0.2, 0) is 9.53 Å². The van der Waals surface area contributed by atoms with Gasteiger partial charge in [-0.05, 0) is 0 Å². The third-order valence-corrected chi connectivity index (χ3v) is 1.41. The topological polar surface area (TPSA) is 87.7 Å². The summed E-state index contributed by atoms with van der Waals surface area (Å²) in [5.41, 5.74) is 0. The van der Waals surface area contributed by atoms with Crippen LogP contribution in [0.15, 0.2) is 12.7 Å². The zero-order valence-electron chi connectivity index (χ0n) is 7.95. The van der Waals surface area contributed by atoms with Gasteiger partial charge in [0, 0.05) is 13.7 Å². The molecule has 0 spiro atoms. The molecule has 0 saturated heterocycles. The lowest BCUT2D eigenvalue weighted by Crippen LogP contribution is -2.42. The second-order valence-corrected chi connectivity index (χ2v) is 2.44. The second-order valence-electron chi connectivity index (χ2n) is 2.44. The van der Waals surface area contributed by atoms with Crippen LogP contribution < -0.4 is 10.6 Å². The fraction of sp³-hybridized carbons (Fsp3) is 0.500. The number of methoxy groups -OCH3 is 1. The van der Waals surface area contributed by atoms with Crippen molar-refractivity contribution >= 4 is 12.0 Å². The molecule has 0 saturated carbocycles. The maximum Gasteiger partial charge on any atom is 0.334 e. The monoisotopic (exact) mass is 202 g/mol. The van der Waals surface area contributed by atoms with Crippen molar-refractivity contribution in [3.63, 3.8) is 0 Å². The molecule has 0 bridgehead atoms. The Bertz CT molecular complexity index is 217. The Labute approximate surface area is 81.9 Å². The molecule has 1 unspecified atom stereocenters. The standard InChI is InChI=1S/C8H14N2O4/c1-3-4-9-8(13)10-5-6(14-2)7(11)12/h3,6H,1,4-5H2,2H3,(H,11,12)(H2,9,10,13). The summed E-state index contributed by atoms with van der Waals surface area (Å²) in [4.78, 5) is 21.4.